The molecule has 0 aliphatic rings. The summed E-state index contributed by atoms with van der Waals surface area (Å²) < 4.78 is 18.0. The lowest BCUT2D eigenvalue weighted by Gasteiger charge is -2.02. The third-order valence-electron chi connectivity index (χ3n) is 1.96. The van der Waals surface area contributed by atoms with Crippen LogP contribution in [0, 0.1) is 6.08 Å². The highest BCUT2D eigenvalue weighted by Gasteiger charge is 2.17. The predicted octanol–water partition coefficient (Wildman–Crippen LogP) is 2.25. The summed E-state index contributed by atoms with van der Waals surface area (Å²) in [5.41, 5.74) is 0.931. The van der Waals surface area contributed by atoms with E-state index in [-0.39, 0.29) is 11.1 Å². The van der Waals surface area contributed by atoms with Gasteiger partial charge in [-0.15, -0.1) is 0 Å². The van der Waals surface area contributed by atoms with Crippen LogP contribution in [0.25, 0.3) is 11.0 Å². The number of carbonyl (C=O) groups is 1. The van der Waals surface area contributed by atoms with Crippen LogP contribution < -0.4 is 0 Å². The number of esters is 1. The molecule has 0 saturated heterocycles. The zero-order valence-electron chi connectivity index (χ0n) is 7.67. The minimum absolute atomic E-state index is 0.218. The molecule has 78 valence electrons. The Kier molecular flexibility index (Phi) is 2.44. The van der Waals surface area contributed by atoms with E-state index < -0.39 is 12.0 Å². The van der Waals surface area contributed by atoms with Crippen molar-refractivity contribution >= 4 is 32.9 Å². The van der Waals surface area contributed by atoms with Crippen LogP contribution >= 0.6 is 15.9 Å². The number of fused-ring (bicyclic) bond motifs is 1. The molecule has 0 saturated carbocycles. The zero-order chi connectivity index (χ0) is 11.0. The highest BCUT2D eigenvalue weighted by Crippen LogP contribution is 2.25. The van der Waals surface area contributed by atoms with Gasteiger partial charge in [0.05, 0.1) is 12.6 Å². The summed E-state index contributed by atoms with van der Waals surface area (Å²) in [5, 5.41) is 0. The molecule has 0 bridgehead atoms. The molecule has 1 heterocycles. The maximum atomic E-state index is 12.9. The molecule has 4 nitrogen and oxygen atoms in total. The van der Waals surface area contributed by atoms with E-state index >= 15 is 0 Å². The van der Waals surface area contributed by atoms with Gasteiger partial charge in [-0.2, -0.15) is 4.39 Å². The number of imidazole rings is 1. The number of hydrogen-bond acceptors (Lipinski definition) is 3. The molecule has 15 heavy (non-hydrogen) atoms. The molecule has 0 amide bonds. The van der Waals surface area contributed by atoms with Crippen LogP contribution in [-0.2, 0) is 4.74 Å². The van der Waals surface area contributed by atoms with E-state index in [9.17, 15) is 9.18 Å². The maximum absolute atomic E-state index is 12.9. The van der Waals surface area contributed by atoms with E-state index in [0.29, 0.717) is 9.99 Å². The Balaban J connectivity index is 2.78. The van der Waals surface area contributed by atoms with E-state index in [2.05, 4.69) is 30.6 Å². The van der Waals surface area contributed by atoms with Crippen molar-refractivity contribution in [3.63, 3.8) is 0 Å². The summed E-state index contributed by atoms with van der Waals surface area (Å²) in [6.45, 7) is 0. The smallest absolute Gasteiger partial charge is 0.341 e. The number of benzene rings is 1. The molecular weight excluding hydrogens is 267 g/mol. The first-order chi connectivity index (χ1) is 7.13. The number of H-pyrrole nitrogens is 1. The van der Waals surface area contributed by atoms with Crippen LogP contribution in [0.1, 0.15) is 10.4 Å². The number of methoxy groups -OCH3 is 1. The SMILES string of the molecule is COC(=O)c1c(Br)ccc2[nH]c(F)nc12. The number of carbonyl (C=O) groups excluding carboxylic acids is 1. The average Bonchev–Trinajstić information content (AvgIpc) is 2.57. The van der Waals surface area contributed by atoms with Gasteiger partial charge < -0.3 is 9.72 Å². The fourth-order valence-corrected chi connectivity index (χ4v) is 1.80. The molecule has 2 aromatic rings. The van der Waals surface area contributed by atoms with E-state index in [1.54, 1.807) is 12.1 Å². The van der Waals surface area contributed by atoms with Crippen molar-refractivity contribution in [2.45, 2.75) is 0 Å². The molecule has 1 aromatic heterocycles. The van der Waals surface area contributed by atoms with Gasteiger partial charge in [0.1, 0.15) is 11.1 Å². The fraction of sp³-hybridized carbons (Fsp3) is 0.111. The molecule has 0 fully saturated rings. The second-order valence-corrected chi connectivity index (χ2v) is 3.69. The van der Waals surface area contributed by atoms with Gasteiger partial charge >= 0.3 is 5.97 Å². The van der Waals surface area contributed by atoms with Crippen molar-refractivity contribution < 1.29 is 13.9 Å². The summed E-state index contributed by atoms with van der Waals surface area (Å²) in [6, 6.07) is 3.26. The van der Waals surface area contributed by atoms with Gasteiger partial charge in [-0.25, -0.2) is 9.78 Å². The van der Waals surface area contributed by atoms with Gasteiger partial charge in [-0.1, -0.05) is 0 Å². The number of hydrogen-bond donors (Lipinski definition) is 1. The Morgan fingerprint density at radius 3 is 3.00 bits per heavy atom. The Bertz CT molecular complexity index is 538. The number of nitrogens with one attached hydrogen (secondary N) is 1. The maximum Gasteiger partial charge on any atom is 0.341 e. The topological polar surface area (TPSA) is 55.0 Å². The number of nitrogens with zero attached hydrogens (tertiary/aromatic N) is 1. The van der Waals surface area contributed by atoms with Crippen molar-refractivity contribution in [1.29, 1.82) is 0 Å². The number of ether oxygens (including phenoxy) is 1. The van der Waals surface area contributed by atoms with Crippen LogP contribution in [0.15, 0.2) is 16.6 Å². The van der Waals surface area contributed by atoms with E-state index in [0.717, 1.165) is 0 Å². The summed E-state index contributed by atoms with van der Waals surface area (Å²) >= 11 is 3.19. The fourth-order valence-electron chi connectivity index (χ4n) is 1.32. The van der Waals surface area contributed by atoms with Crippen molar-refractivity contribution in [2.24, 2.45) is 0 Å². The molecular formula is C9H6BrFN2O2. The quantitative estimate of drug-likeness (QED) is 0.811. The summed E-state index contributed by atoms with van der Waals surface area (Å²) in [4.78, 5) is 17.4. The Morgan fingerprint density at radius 2 is 2.33 bits per heavy atom. The summed E-state index contributed by atoms with van der Waals surface area (Å²) in [6.07, 6.45) is -0.728. The van der Waals surface area contributed by atoms with Crippen LogP contribution in [0.4, 0.5) is 4.39 Å². The van der Waals surface area contributed by atoms with Crippen molar-refractivity contribution in [1.82, 2.24) is 9.97 Å². The molecule has 2 rings (SSSR count). The largest absolute Gasteiger partial charge is 0.465 e. The molecule has 6 heteroatoms. The molecule has 0 unspecified atom stereocenters. The minimum Gasteiger partial charge on any atom is -0.465 e. The molecule has 0 aliphatic carbocycles. The lowest BCUT2D eigenvalue weighted by molar-refractivity contribution is 0.0602. The zero-order valence-corrected chi connectivity index (χ0v) is 9.26. The van der Waals surface area contributed by atoms with Crippen molar-refractivity contribution in [2.75, 3.05) is 7.11 Å². The Hall–Kier alpha value is -1.43. The van der Waals surface area contributed by atoms with Gasteiger partial charge in [0.2, 0.25) is 0 Å². The van der Waals surface area contributed by atoms with Gasteiger partial charge in [0.15, 0.2) is 0 Å². The minimum atomic E-state index is -0.728. The van der Waals surface area contributed by atoms with Crippen molar-refractivity contribution in [3.05, 3.63) is 28.2 Å². The molecule has 1 N–H and O–H groups in total. The molecule has 0 aliphatic heterocycles. The van der Waals surface area contributed by atoms with Gasteiger partial charge in [0, 0.05) is 4.47 Å². The number of halogens is 2. The Labute approximate surface area is 92.6 Å². The first-order valence-electron chi connectivity index (χ1n) is 4.05. The van der Waals surface area contributed by atoms with E-state index in [1.165, 1.54) is 7.11 Å². The van der Waals surface area contributed by atoms with Gasteiger partial charge in [0.25, 0.3) is 6.08 Å². The molecule has 0 radical (unpaired) electrons. The van der Waals surface area contributed by atoms with Crippen LogP contribution in [0.2, 0.25) is 0 Å². The molecule has 0 spiro atoms. The van der Waals surface area contributed by atoms with Gasteiger partial charge in [-0.3, -0.25) is 0 Å². The second-order valence-electron chi connectivity index (χ2n) is 2.84. The third-order valence-corrected chi connectivity index (χ3v) is 2.63. The van der Waals surface area contributed by atoms with E-state index in [1.807, 2.05) is 0 Å². The van der Waals surface area contributed by atoms with Crippen LogP contribution in [-0.4, -0.2) is 23.0 Å². The normalized spacial score (nSPS) is 10.6. The number of rotatable bonds is 1. The summed E-state index contributed by atoms with van der Waals surface area (Å²) in [5.74, 6) is -0.557. The van der Waals surface area contributed by atoms with Gasteiger partial charge in [-0.05, 0) is 28.1 Å². The molecule has 0 atom stereocenters. The molecule has 1 aromatic carbocycles. The highest BCUT2D eigenvalue weighted by molar-refractivity contribution is 9.10. The average molecular weight is 273 g/mol. The van der Waals surface area contributed by atoms with Crippen LogP contribution in [0.3, 0.4) is 0 Å². The summed E-state index contributed by atoms with van der Waals surface area (Å²) in [7, 11) is 1.26. The monoisotopic (exact) mass is 272 g/mol. The number of aromatic amines is 1. The standard InChI is InChI=1S/C9H6BrFN2O2/c1-15-8(14)6-4(10)2-3-5-7(6)13-9(11)12-5/h2-3H,1H3,(H,12,13). The number of aromatic nitrogens is 2. The first-order valence-corrected chi connectivity index (χ1v) is 4.85. The third kappa shape index (κ3) is 1.61. The Morgan fingerprint density at radius 1 is 1.60 bits per heavy atom. The first kappa shape index (κ1) is 10.1. The second kappa shape index (κ2) is 3.62. The lowest BCUT2D eigenvalue weighted by atomic mass is 10.2. The predicted molar refractivity (Wildman–Crippen MR) is 55.1 cm³/mol. The van der Waals surface area contributed by atoms with E-state index in [4.69, 9.17) is 0 Å². The van der Waals surface area contributed by atoms with Crippen molar-refractivity contribution in [3.8, 4) is 0 Å². The lowest BCUT2D eigenvalue weighted by Crippen LogP contribution is -2.03. The van der Waals surface area contributed by atoms with Crippen LogP contribution in [0.5, 0.6) is 0 Å². The highest BCUT2D eigenvalue weighted by atomic mass is 79.9.